The molecule has 27 heavy (non-hydrogen) atoms. The van der Waals surface area contributed by atoms with E-state index >= 15 is 0 Å². The lowest BCUT2D eigenvalue weighted by molar-refractivity contribution is -0.119. The van der Waals surface area contributed by atoms with Crippen molar-refractivity contribution in [1.29, 1.82) is 10.5 Å². The molecule has 0 aromatic heterocycles. The highest BCUT2D eigenvalue weighted by Crippen LogP contribution is 2.54. The number of carbonyl (C=O) groups excluding carboxylic acids is 1. The van der Waals surface area contributed by atoms with Crippen molar-refractivity contribution >= 4 is 17.7 Å². The number of para-hydroxylation sites is 1. The number of hydrogen-bond acceptors (Lipinski definition) is 4. The van der Waals surface area contributed by atoms with Gasteiger partial charge in [0.2, 0.25) is 5.91 Å². The average Bonchev–Trinajstić information content (AvgIpc) is 2.99. The van der Waals surface area contributed by atoms with E-state index in [0.717, 1.165) is 11.3 Å². The Bertz CT molecular complexity index is 1030. The van der Waals surface area contributed by atoms with Crippen LogP contribution in [0.5, 0.6) is 0 Å². The summed E-state index contributed by atoms with van der Waals surface area (Å²) in [6, 6.07) is 15.7. The van der Waals surface area contributed by atoms with Crippen molar-refractivity contribution in [2.24, 2.45) is 11.1 Å². The zero-order valence-electron chi connectivity index (χ0n) is 14.2. The first kappa shape index (κ1) is 16.8. The molecule has 0 bridgehead atoms. The number of nitrogens with zero attached hydrogens (tertiary/aromatic N) is 3. The summed E-state index contributed by atoms with van der Waals surface area (Å²) >= 11 is 0. The van der Waals surface area contributed by atoms with Gasteiger partial charge in [-0.2, -0.15) is 10.5 Å². The molecule has 2 aromatic rings. The molecule has 2 aliphatic rings. The van der Waals surface area contributed by atoms with E-state index in [1.807, 2.05) is 30.3 Å². The second-order valence-corrected chi connectivity index (χ2v) is 6.74. The van der Waals surface area contributed by atoms with Gasteiger partial charge in [-0.1, -0.05) is 42.5 Å². The molecule has 2 aliphatic heterocycles. The summed E-state index contributed by atoms with van der Waals surface area (Å²) in [4.78, 5) is 14.2. The fourth-order valence-corrected chi connectivity index (χ4v) is 4.33. The maximum absolute atomic E-state index is 13.9. The fourth-order valence-electron chi connectivity index (χ4n) is 4.33. The normalized spacial score (nSPS) is 24.4. The molecule has 1 fully saturated rings. The maximum Gasteiger partial charge on any atom is 0.240 e. The number of benzene rings is 2. The number of halogens is 1. The van der Waals surface area contributed by atoms with Gasteiger partial charge in [0.1, 0.15) is 11.9 Å². The minimum Gasteiger partial charge on any atom is -0.368 e. The van der Waals surface area contributed by atoms with Crippen molar-refractivity contribution in [2.45, 2.75) is 18.0 Å². The minimum atomic E-state index is -1.59. The smallest absolute Gasteiger partial charge is 0.240 e. The largest absolute Gasteiger partial charge is 0.368 e. The van der Waals surface area contributed by atoms with E-state index < -0.39 is 35.1 Å². The van der Waals surface area contributed by atoms with Crippen LogP contribution < -0.4 is 10.6 Å². The first-order valence-electron chi connectivity index (χ1n) is 8.46. The molecule has 2 aromatic carbocycles. The second kappa shape index (κ2) is 5.96. The molecule has 1 amide bonds. The third kappa shape index (κ3) is 2.24. The number of carbonyl (C=O) groups is 1. The van der Waals surface area contributed by atoms with Crippen LogP contribution in [0.25, 0.3) is 6.08 Å². The van der Waals surface area contributed by atoms with Gasteiger partial charge >= 0.3 is 0 Å². The molecule has 1 saturated heterocycles. The Hall–Kier alpha value is -3.64. The Morgan fingerprint density at radius 2 is 1.89 bits per heavy atom. The molecule has 0 aliphatic carbocycles. The van der Waals surface area contributed by atoms with E-state index in [4.69, 9.17) is 5.73 Å². The van der Waals surface area contributed by atoms with Gasteiger partial charge in [0.05, 0.1) is 18.2 Å². The maximum atomic E-state index is 13.9. The van der Waals surface area contributed by atoms with E-state index in [1.54, 1.807) is 17.0 Å². The zero-order valence-corrected chi connectivity index (χ0v) is 14.2. The monoisotopic (exact) mass is 358 g/mol. The molecule has 4 rings (SSSR count). The first-order chi connectivity index (χ1) is 13.0. The Kier molecular flexibility index (Phi) is 3.71. The average molecular weight is 358 g/mol. The van der Waals surface area contributed by atoms with Crippen LogP contribution in [-0.2, 0) is 4.79 Å². The SMILES string of the molecule is N#CC1(C#N)C2C=Cc3ccccc3N2[C@@H](C(N)=O)[C@@H]1c1cccc(F)c1. The molecule has 2 N–H and O–H groups in total. The number of fused-ring (bicyclic) bond motifs is 3. The van der Waals surface area contributed by atoms with Crippen LogP contribution in [0.3, 0.4) is 0 Å². The number of hydrogen-bond donors (Lipinski definition) is 1. The Morgan fingerprint density at radius 1 is 1.15 bits per heavy atom. The highest BCUT2D eigenvalue weighted by molar-refractivity contribution is 5.90. The standard InChI is InChI=1S/C21H15FN4O/c22-15-6-3-5-14(10-15)18-19(20(25)27)26-16-7-2-1-4-13(16)8-9-17(26)21(18,11-23)12-24/h1-10,17-19H,(H2,25,27)/t17?,18-,19+/m0/s1. The van der Waals surface area contributed by atoms with Crippen LogP contribution in [0.4, 0.5) is 10.1 Å². The summed E-state index contributed by atoms with van der Waals surface area (Å²) in [5.41, 5.74) is 6.15. The summed E-state index contributed by atoms with van der Waals surface area (Å²) in [6.45, 7) is 0. The molecule has 1 unspecified atom stereocenters. The van der Waals surface area contributed by atoms with E-state index in [0.29, 0.717) is 5.56 Å². The van der Waals surface area contributed by atoms with Crippen molar-refractivity contribution in [2.75, 3.05) is 4.90 Å². The molecule has 3 atom stereocenters. The highest BCUT2D eigenvalue weighted by atomic mass is 19.1. The van der Waals surface area contributed by atoms with Crippen LogP contribution in [-0.4, -0.2) is 18.0 Å². The quantitative estimate of drug-likeness (QED) is 0.893. The zero-order chi connectivity index (χ0) is 19.2. The van der Waals surface area contributed by atoms with Crippen molar-refractivity contribution in [3.63, 3.8) is 0 Å². The van der Waals surface area contributed by atoms with Crippen LogP contribution in [0.1, 0.15) is 17.0 Å². The molecule has 2 heterocycles. The second-order valence-electron chi connectivity index (χ2n) is 6.74. The Labute approximate surface area is 155 Å². The topological polar surface area (TPSA) is 93.9 Å². The lowest BCUT2D eigenvalue weighted by Gasteiger charge is -2.34. The Balaban J connectivity index is 2.01. The van der Waals surface area contributed by atoms with Crippen LogP contribution in [0.15, 0.2) is 54.6 Å². The van der Waals surface area contributed by atoms with E-state index in [-0.39, 0.29) is 0 Å². The highest BCUT2D eigenvalue weighted by Gasteiger charge is 2.63. The number of rotatable bonds is 2. The van der Waals surface area contributed by atoms with Gasteiger partial charge in [-0.05, 0) is 29.3 Å². The third-order valence-electron chi connectivity index (χ3n) is 5.41. The molecule has 0 spiro atoms. The number of nitriles is 2. The van der Waals surface area contributed by atoms with Crippen molar-refractivity contribution in [3.05, 3.63) is 71.6 Å². The number of primary amides is 1. The van der Waals surface area contributed by atoms with E-state index in [2.05, 4.69) is 12.1 Å². The molecule has 0 radical (unpaired) electrons. The van der Waals surface area contributed by atoms with Crippen LogP contribution in [0, 0.1) is 33.9 Å². The summed E-state index contributed by atoms with van der Waals surface area (Å²) in [7, 11) is 0. The molecular formula is C21H15FN4O. The third-order valence-corrected chi connectivity index (χ3v) is 5.41. The van der Waals surface area contributed by atoms with Crippen molar-refractivity contribution in [3.8, 4) is 12.1 Å². The predicted octanol–water partition coefficient (Wildman–Crippen LogP) is 2.71. The molecule has 5 nitrogen and oxygen atoms in total. The molecule has 0 saturated carbocycles. The minimum absolute atomic E-state index is 0.405. The molecular weight excluding hydrogens is 343 g/mol. The first-order valence-corrected chi connectivity index (χ1v) is 8.46. The predicted molar refractivity (Wildman–Crippen MR) is 97.5 cm³/mol. The molecule has 132 valence electrons. The van der Waals surface area contributed by atoms with Crippen LogP contribution >= 0.6 is 0 Å². The summed E-state index contributed by atoms with van der Waals surface area (Å²) in [5, 5.41) is 20.1. The van der Waals surface area contributed by atoms with Gasteiger partial charge < -0.3 is 10.6 Å². The van der Waals surface area contributed by atoms with Gasteiger partial charge in [-0.25, -0.2) is 4.39 Å². The van der Waals surface area contributed by atoms with E-state index in [9.17, 15) is 19.7 Å². The fraction of sp³-hybridized carbons (Fsp3) is 0.190. The lowest BCUT2D eigenvalue weighted by atomic mass is 9.70. The summed E-state index contributed by atoms with van der Waals surface area (Å²) in [6.07, 6.45) is 3.59. The summed E-state index contributed by atoms with van der Waals surface area (Å²) in [5.74, 6) is -2.05. The van der Waals surface area contributed by atoms with Gasteiger partial charge in [0, 0.05) is 11.6 Å². The Morgan fingerprint density at radius 3 is 2.56 bits per heavy atom. The summed E-state index contributed by atoms with van der Waals surface area (Å²) < 4.78 is 13.9. The number of amides is 1. The lowest BCUT2D eigenvalue weighted by Crippen LogP contribution is -2.46. The van der Waals surface area contributed by atoms with Gasteiger partial charge in [0.25, 0.3) is 0 Å². The van der Waals surface area contributed by atoms with Crippen molar-refractivity contribution < 1.29 is 9.18 Å². The van der Waals surface area contributed by atoms with Gasteiger partial charge in [0.15, 0.2) is 5.41 Å². The van der Waals surface area contributed by atoms with Gasteiger partial charge in [-0.15, -0.1) is 0 Å². The number of nitrogens with two attached hydrogens (primary N) is 1. The van der Waals surface area contributed by atoms with Crippen LogP contribution in [0.2, 0.25) is 0 Å². The number of anilines is 1. The molecule has 6 heteroatoms. The van der Waals surface area contributed by atoms with Gasteiger partial charge in [-0.3, -0.25) is 4.79 Å². The van der Waals surface area contributed by atoms with Crippen molar-refractivity contribution in [1.82, 2.24) is 0 Å². The van der Waals surface area contributed by atoms with E-state index in [1.165, 1.54) is 18.2 Å².